The summed E-state index contributed by atoms with van der Waals surface area (Å²) in [6.07, 6.45) is 2.74. The van der Waals surface area contributed by atoms with E-state index in [0.29, 0.717) is 5.56 Å². The number of rotatable bonds is 9. The van der Waals surface area contributed by atoms with Crippen molar-refractivity contribution in [1.82, 2.24) is 34.7 Å². The molecule has 36 heavy (non-hydrogen) atoms. The molecule has 0 spiro atoms. The van der Waals surface area contributed by atoms with Gasteiger partial charge in [0.1, 0.15) is 17.7 Å². The minimum absolute atomic E-state index is 0.0234. The van der Waals surface area contributed by atoms with Crippen molar-refractivity contribution in [2.45, 2.75) is 25.2 Å². The van der Waals surface area contributed by atoms with Crippen LogP contribution in [0.4, 0.5) is 5.95 Å². The summed E-state index contributed by atoms with van der Waals surface area (Å²) in [5.74, 6) is 0.254. The first-order valence-corrected chi connectivity index (χ1v) is 12.2. The van der Waals surface area contributed by atoms with E-state index < -0.39 is 21.4 Å². The first kappa shape index (κ1) is 24.9. The second-order valence-electron chi connectivity index (χ2n) is 7.71. The van der Waals surface area contributed by atoms with Crippen LogP contribution in [0.5, 0.6) is 11.8 Å². The van der Waals surface area contributed by atoms with Crippen molar-refractivity contribution in [3.05, 3.63) is 60.4 Å². The number of hydrogen-bond acceptors (Lipinski definition) is 11. The molecule has 3 heterocycles. The lowest BCUT2D eigenvalue weighted by Crippen LogP contribution is -2.32. The van der Waals surface area contributed by atoms with Crippen LogP contribution in [0.2, 0.25) is 0 Å². The van der Waals surface area contributed by atoms with Crippen LogP contribution in [0.3, 0.4) is 0 Å². The van der Waals surface area contributed by atoms with Gasteiger partial charge in [0.05, 0.1) is 14.2 Å². The molecule has 13 nitrogen and oxygen atoms in total. The molecule has 14 heteroatoms. The monoisotopic (exact) mass is 512 g/mol. The number of ether oxygens (including phenoxy) is 2. The highest BCUT2D eigenvalue weighted by atomic mass is 32.2. The number of benzene rings is 1. The van der Waals surface area contributed by atoms with Crippen LogP contribution >= 0.6 is 0 Å². The highest BCUT2D eigenvalue weighted by Crippen LogP contribution is 2.35. The predicted molar refractivity (Wildman–Crippen MR) is 129 cm³/mol. The van der Waals surface area contributed by atoms with Gasteiger partial charge in [-0.3, -0.25) is 9.29 Å². The van der Waals surface area contributed by atoms with Crippen LogP contribution in [0.25, 0.3) is 17.1 Å². The zero-order valence-corrected chi connectivity index (χ0v) is 20.7. The largest absolute Gasteiger partial charge is 0.479 e. The van der Waals surface area contributed by atoms with Crippen molar-refractivity contribution in [3.8, 4) is 28.8 Å². The summed E-state index contributed by atoms with van der Waals surface area (Å²) < 4.78 is 41.2. The molecule has 188 valence electrons. The Morgan fingerprint density at radius 3 is 2.17 bits per heavy atom. The molecule has 3 aromatic heterocycles. The highest BCUT2D eigenvalue weighted by molar-refractivity contribution is 7.93. The third-order valence-electron chi connectivity index (χ3n) is 5.29. The SMILES string of the molecule is COc1ncnc(OC)c1-n1c(NS(=O)(=O)C(C)C(O)c2ncc(C)cn2)nnc1-c1ccccc1. The smallest absolute Gasteiger partial charge is 0.245 e. The number of aliphatic hydroxyl groups is 1. The highest BCUT2D eigenvalue weighted by Gasteiger charge is 2.34. The molecule has 1 aromatic carbocycles. The number of aryl methyl sites for hydroxylation is 1. The lowest BCUT2D eigenvalue weighted by Gasteiger charge is -2.20. The molecule has 0 saturated carbocycles. The van der Waals surface area contributed by atoms with E-state index >= 15 is 0 Å². The van der Waals surface area contributed by atoms with Gasteiger partial charge in [0.2, 0.25) is 27.7 Å². The third kappa shape index (κ3) is 4.81. The van der Waals surface area contributed by atoms with Crippen LogP contribution < -0.4 is 14.2 Å². The lowest BCUT2D eigenvalue weighted by molar-refractivity contribution is 0.166. The van der Waals surface area contributed by atoms with Crippen LogP contribution in [-0.4, -0.2) is 67.7 Å². The third-order valence-corrected chi connectivity index (χ3v) is 7.00. The molecule has 4 rings (SSSR count). The molecule has 2 N–H and O–H groups in total. The van der Waals surface area contributed by atoms with E-state index in [9.17, 15) is 13.5 Å². The standard InChI is InChI=1S/C22H24N8O5S/c1-13-10-23-18(24-11-13)17(31)14(2)36(32,33)29-22-28-27-19(15-8-6-5-7-9-15)30(22)16-20(34-3)25-12-26-21(16)35-4/h5-12,14,17,31H,1-4H3,(H,28,29). The van der Waals surface area contributed by atoms with E-state index in [0.717, 1.165) is 5.56 Å². The van der Waals surface area contributed by atoms with Gasteiger partial charge >= 0.3 is 0 Å². The molecule has 2 atom stereocenters. The van der Waals surface area contributed by atoms with Crippen molar-refractivity contribution in [2.24, 2.45) is 0 Å². The molecular weight excluding hydrogens is 488 g/mol. The van der Waals surface area contributed by atoms with Crippen molar-refractivity contribution in [2.75, 3.05) is 18.9 Å². The molecule has 0 aliphatic rings. The lowest BCUT2D eigenvalue weighted by atomic mass is 10.2. The van der Waals surface area contributed by atoms with Gasteiger partial charge in [0, 0.05) is 18.0 Å². The van der Waals surface area contributed by atoms with Gasteiger partial charge < -0.3 is 14.6 Å². The van der Waals surface area contributed by atoms with Gasteiger partial charge in [-0.2, -0.15) is 9.97 Å². The number of methoxy groups -OCH3 is 2. The number of nitrogens with one attached hydrogen (secondary N) is 1. The zero-order chi connectivity index (χ0) is 25.9. The fourth-order valence-electron chi connectivity index (χ4n) is 3.33. The fraction of sp³-hybridized carbons (Fsp3) is 0.273. The molecule has 0 aliphatic heterocycles. The summed E-state index contributed by atoms with van der Waals surface area (Å²) in [6, 6.07) is 8.99. The Kier molecular flexibility index (Phi) is 7.07. The second kappa shape index (κ2) is 10.2. The van der Waals surface area contributed by atoms with Crippen molar-refractivity contribution >= 4 is 16.0 Å². The number of anilines is 1. The quantitative estimate of drug-likeness (QED) is 0.335. The van der Waals surface area contributed by atoms with Gasteiger partial charge in [0.25, 0.3) is 0 Å². The summed E-state index contributed by atoms with van der Waals surface area (Å²) in [7, 11) is -1.43. The summed E-state index contributed by atoms with van der Waals surface area (Å²) >= 11 is 0. The second-order valence-corrected chi connectivity index (χ2v) is 9.74. The summed E-state index contributed by atoms with van der Waals surface area (Å²) in [4.78, 5) is 16.3. The van der Waals surface area contributed by atoms with Crippen LogP contribution in [-0.2, 0) is 10.0 Å². The molecular formula is C22H24N8O5S. The Labute approximate surface area is 207 Å². The first-order valence-electron chi connectivity index (χ1n) is 10.7. The Balaban J connectivity index is 1.81. The Bertz CT molecular complexity index is 1420. The van der Waals surface area contributed by atoms with E-state index in [1.807, 2.05) is 6.07 Å². The number of nitrogens with zero attached hydrogens (tertiary/aromatic N) is 7. The number of sulfonamides is 1. The van der Waals surface area contributed by atoms with Crippen LogP contribution in [0.1, 0.15) is 24.4 Å². The minimum Gasteiger partial charge on any atom is -0.479 e. The van der Waals surface area contributed by atoms with Gasteiger partial charge in [0.15, 0.2) is 17.3 Å². The van der Waals surface area contributed by atoms with E-state index in [1.165, 1.54) is 44.4 Å². The average molecular weight is 513 g/mol. The molecule has 4 aromatic rings. The molecule has 2 unspecified atom stereocenters. The topological polar surface area (TPSA) is 167 Å². The maximum absolute atomic E-state index is 13.3. The number of hydrogen-bond donors (Lipinski definition) is 2. The molecule has 0 saturated heterocycles. The summed E-state index contributed by atoms with van der Waals surface area (Å²) in [6.45, 7) is 3.12. The fourth-order valence-corrected chi connectivity index (χ4v) is 4.36. The van der Waals surface area contributed by atoms with Crippen molar-refractivity contribution < 1.29 is 23.0 Å². The maximum Gasteiger partial charge on any atom is 0.245 e. The molecule has 0 aliphatic carbocycles. The van der Waals surface area contributed by atoms with E-state index in [1.54, 1.807) is 31.2 Å². The molecule has 0 amide bonds. The maximum atomic E-state index is 13.3. The normalized spacial score (nSPS) is 13.1. The Hall–Kier alpha value is -4.17. The van der Waals surface area contributed by atoms with Crippen LogP contribution in [0.15, 0.2) is 49.1 Å². The molecule has 0 fully saturated rings. The predicted octanol–water partition coefficient (Wildman–Crippen LogP) is 1.70. The van der Waals surface area contributed by atoms with Crippen LogP contribution in [0, 0.1) is 6.92 Å². The van der Waals surface area contributed by atoms with E-state index in [2.05, 4.69) is 34.9 Å². The van der Waals surface area contributed by atoms with Gasteiger partial charge in [-0.1, -0.05) is 30.3 Å². The zero-order valence-electron chi connectivity index (χ0n) is 19.9. The Morgan fingerprint density at radius 1 is 0.972 bits per heavy atom. The van der Waals surface area contributed by atoms with Gasteiger partial charge in [-0.25, -0.2) is 18.4 Å². The summed E-state index contributed by atoms with van der Waals surface area (Å²) in [5, 5.41) is 17.6. The Morgan fingerprint density at radius 2 is 1.58 bits per heavy atom. The van der Waals surface area contributed by atoms with Crippen molar-refractivity contribution in [3.63, 3.8) is 0 Å². The van der Waals surface area contributed by atoms with E-state index in [-0.39, 0.29) is 35.0 Å². The van der Waals surface area contributed by atoms with E-state index in [4.69, 9.17) is 9.47 Å². The summed E-state index contributed by atoms with van der Waals surface area (Å²) in [5.41, 5.74) is 1.58. The molecule has 0 radical (unpaired) electrons. The average Bonchev–Trinajstić information content (AvgIpc) is 3.30. The minimum atomic E-state index is -4.24. The first-order chi connectivity index (χ1) is 17.3. The number of aromatic nitrogens is 7. The van der Waals surface area contributed by atoms with Gasteiger partial charge in [-0.05, 0) is 19.4 Å². The van der Waals surface area contributed by atoms with Gasteiger partial charge in [-0.15, -0.1) is 10.2 Å². The van der Waals surface area contributed by atoms with Crippen molar-refractivity contribution in [1.29, 1.82) is 0 Å². The molecule has 0 bridgehead atoms. The number of aliphatic hydroxyl groups excluding tert-OH is 1.